The third-order valence-corrected chi connectivity index (χ3v) is 5.16. The highest BCUT2D eigenvalue weighted by atomic mass is 19.1. The number of halogens is 1. The highest BCUT2D eigenvalue weighted by molar-refractivity contribution is 6.00. The van der Waals surface area contributed by atoms with Gasteiger partial charge in [-0.3, -0.25) is 14.4 Å². The number of fused-ring (bicyclic) bond motifs is 1. The van der Waals surface area contributed by atoms with E-state index >= 15 is 0 Å². The molecule has 1 aliphatic rings. The van der Waals surface area contributed by atoms with E-state index in [2.05, 4.69) is 15.6 Å². The monoisotopic (exact) mass is 408 g/mol. The Bertz CT molecular complexity index is 1090. The highest BCUT2D eigenvalue weighted by Crippen LogP contribution is 2.25. The molecule has 0 saturated carbocycles. The van der Waals surface area contributed by atoms with E-state index in [4.69, 9.17) is 0 Å². The summed E-state index contributed by atoms with van der Waals surface area (Å²) in [5.41, 5.74) is 2.08. The van der Waals surface area contributed by atoms with E-state index < -0.39 is 5.92 Å². The molecular formula is C22H21FN4O3. The Morgan fingerprint density at radius 3 is 2.63 bits per heavy atom. The number of carbonyl (C=O) groups is 3. The van der Waals surface area contributed by atoms with Crippen molar-refractivity contribution in [1.29, 1.82) is 0 Å². The summed E-state index contributed by atoms with van der Waals surface area (Å²) in [6.07, 6.45) is 1.92. The molecule has 30 heavy (non-hydrogen) atoms. The van der Waals surface area contributed by atoms with E-state index in [-0.39, 0.29) is 49.6 Å². The van der Waals surface area contributed by atoms with Gasteiger partial charge in [-0.1, -0.05) is 0 Å². The Morgan fingerprint density at radius 1 is 1.07 bits per heavy atom. The first-order valence-corrected chi connectivity index (χ1v) is 9.70. The van der Waals surface area contributed by atoms with Gasteiger partial charge in [0.05, 0.1) is 5.92 Å². The first kappa shape index (κ1) is 19.6. The lowest BCUT2D eigenvalue weighted by atomic mass is 10.1. The molecule has 1 atom stereocenters. The van der Waals surface area contributed by atoms with E-state index in [1.54, 1.807) is 12.1 Å². The van der Waals surface area contributed by atoms with Gasteiger partial charge in [0.25, 0.3) is 5.91 Å². The number of benzene rings is 2. The molecule has 0 aliphatic carbocycles. The van der Waals surface area contributed by atoms with Crippen LogP contribution in [-0.2, 0) is 9.59 Å². The van der Waals surface area contributed by atoms with Crippen molar-refractivity contribution in [3.8, 4) is 0 Å². The molecule has 3 aromatic rings. The summed E-state index contributed by atoms with van der Waals surface area (Å²) >= 11 is 0. The van der Waals surface area contributed by atoms with Crippen LogP contribution in [-0.4, -0.2) is 42.3 Å². The van der Waals surface area contributed by atoms with Crippen LogP contribution in [0.2, 0.25) is 0 Å². The summed E-state index contributed by atoms with van der Waals surface area (Å²) in [4.78, 5) is 41.4. The van der Waals surface area contributed by atoms with E-state index in [1.807, 2.05) is 18.3 Å². The lowest BCUT2D eigenvalue weighted by molar-refractivity contribution is -0.126. The Morgan fingerprint density at radius 2 is 1.83 bits per heavy atom. The zero-order valence-corrected chi connectivity index (χ0v) is 16.2. The maximum atomic E-state index is 13.1. The van der Waals surface area contributed by atoms with Gasteiger partial charge in [0.2, 0.25) is 11.8 Å². The second kappa shape index (κ2) is 8.36. The number of rotatable bonds is 6. The van der Waals surface area contributed by atoms with Crippen LogP contribution >= 0.6 is 0 Å². The zero-order chi connectivity index (χ0) is 21.1. The molecule has 0 bridgehead atoms. The molecule has 1 aromatic heterocycles. The normalized spacial score (nSPS) is 16.1. The van der Waals surface area contributed by atoms with Crippen LogP contribution in [0.4, 0.5) is 10.1 Å². The number of nitrogens with zero attached hydrogens (tertiary/aromatic N) is 1. The Hall–Kier alpha value is -3.68. The molecule has 7 nitrogen and oxygen atoms in total. The number of anilines is 1. The second-order valence-electron chi connectivity index (χ2n) is 7.21. The van der Waals surface area contributed by atoms with Gasteiger partial charge < -0.3 is 20.5 Å². The van der Waals surface area contributed by atoms with Gasteiger partial charge in [-0.05, 0) is 48.5 Å². The van der Waals surface area contributed by atoms with Crippen LogP contribution in [0.3, 0.4) is 0 Å². The van der Waals surface area contributed by atoms with Crippen LogP contribution in [0.5, 0.6) is 0 Å². The quantitative estimate of drug-likeness (QED) is 0.546. The van der Waals surface area contributed by atoms with Crippen molar-refractivity contribution in [2.45, 2.75) is 6.42 Å². The molecule has 0 unspecified atom stereocenters. The summed E-state index contributed by atoms with van der Waals surface area (Å²) in [6.45, 7) is 0.787. The van der Waals surface area contributed by atoms with E-state index in [0.29, 0.717) is 11.3 Å². The van der Waals surface area contributed by atoms with Crippen molar-refractivity contribution in [2.75, 3.05) is 24.5 Å². The molecule has 4 rings (SSSR count). The number of aromatic amines is 1. The third kappa shape index (κ3) is 4.17. The number of hydrogen-bond acceptors (Lipinski definition) is 3. The van der Waals surface area contributed by atoms with Gasteiger partial charge in [-0.2, -0.15) is 0 Å². The molecule has 3 N–H and O–H groups in total. The van der Waals surface area contributed by atoms with Crippen molar-refractivity contribution < 1.29 is 18.8 Å². The van der Waals surface area contributed by atoms with Crippen LogP contribution in [0.15, 0.2) is 54.7 Å². The number of H-pyrrole nitrogens is 1. The number of amides is 3. The molecule has 154 valence electrons. The van der Waals surface area contributed by atoms with Gasteiger partial charge in [0, 0.05) is 54.4 Å². The fourth-order valence-electron chi connectivity index (χ4n) is 3.56. The maximum absolute atomic E-state index is 13.1. The fourth-order valence-corrected chi connectivity index (χ4v) is 3.56. The number of nitrogens with one attached hydrogen (secondary N) is 3. The first-order chi connectivity index (χ1) is 14.5. The predicted molar refractivity (Wildman–Crippen MR) is 111 cm³/mol. The third-order valence-electron chi connectivity index (χ3n) is 5.16. The second-order valence-corrected chi connectivity index (χ2v) is 7.21. The smallest absolute Gasteiger partial charge is 0.251 e. The van der Waals surface area contributed by atoms with Gasteiger partial charge in [0.15, 0.2) is 0 Å². The Labute approximate surface area is 172 Å². The number of carbonyl (C=O) groups excluding carboxylic acids is 3. The molecular weight excluding hydrogens is 387 g/mol. The van der Waals surface area contributed by atoms with Gasteiger partial charge in [0.1, 0.15) is 5.82 Å². The minimum atomic E-state index is -0.478. The lowest BCUT2D eigenvalue weighted by Crippen LogP contribution is -2.38. The maximum Gasteiger partial charge on any atom is 0.251 e. The SMILES string of the molecule is O=C(NCCNC(=O)[C@H]1CC(=O)N(c2ccc(F)cc2)C1)c1ccc2[nH]ccc2c1. The largest absolute Gasteiger partial charge is 0.361 e. The van der Waals surface area contributed by atoms with E-state index in [1.165, 1.54) is 29.2 Å². The Kier molecular flexibility index (Phi) is 5.47. The van der Waals surface area contributed by atoms with Crippen molar-refractivity contribution in [1.82, 2.24) is 15.6 Å². The van der Waals surface area contributed by atoms with Crippen LogP contribution in [0, 0.1) is 11.7 Å². The summed E-state index contributed by atoms with van der Waals surface area (Å²) in [7, 11) is 0. The summed E-state index contributed by atoms with van der Waals surface area (Å²) < 4.78 is 13.1. The predicted octanol–water partition coefficient (Wildman–Crippen LogP) is 2.21. The molecule has 1 aliphatic heterocycles. The van der Waals surface area contributed by atoms with E-state index in [0.717, 1.165) is 10.9 Å². The van der Waals surface area contributed by atoms with Gasteiger partial charge >= 0.3 is 0 Å². The van der Waals surface area contributed by atoms with Crippen LogP contribution < -0.4 is 15.5 Å². The zero-order valence-electron chi connectivity index (χ0n) is 16.2. The molecule has 8 heteroatoms. The standard InChI is InChI=1S/C22H21FN4O3/c23-17-2-4-18(5-3-17)27-13-16(12-20(27)28)22(30)26-10-9-25-21(29)15-1-6-19-14(11-15)7-8-24-19/h1-8,11,16,24H,9-10,12-13H2,(H,25,29)(H,26,30)/t16-/m0/s1. The molecule has 1 saturated heterocycles. The Balaban J connectivity index is 1.24. The molecule has 3 amide bonds. The number of hydrogen-bond donors (Lipinski definition) is 3. The van der Waals surface area contributed by atoms with E-state index in [9.17, 15) is 18.8 Å². The average Bonchev–Trinajstić information content (AvgIpc) is 3.37. The molecule has 0 radical (unpaired) electrons. The van der Waals surface area contributed by atoms with Crippen molar-refractivity contribution >= 4 is 34.3 Å². The van der Waals surface area contributed by atoms with Crippen molar-refractivity contribution in [3.63, 3.8) is 0 Å². The summed E-state index contributed by atoms with van der Waals surface area (Å²) in [5, 5.41) is 6.49. The minimum absolute atomic E-state index is 0.103. The summed E-state index contributed by atoms with van der Waals surface area (Å²) in [6, 6.07) is 12.9. The van der Waals surface area contributed by atoms with Gasteiger partial charge in [-0.25, -0.2) is 4.39 Å². The number of aromatic nitrogens is 1. The van der Waals surface area contributed by atoms with Crippen molar-refractivity contribution in [3.05, 3.63) is 66.1 Å². The van der Waals surface area contributed by atoms with Gasteiger partial charge in [-0.15, -0.1) is 0 Å². The van der Waals surface area contributed by atoms with Crippen molar-refractivity contribution in [2.24, 2.45) is 5.92 Å². The average molecular weight is 408 g/mol. The molecule has 0 spiro atoms. The molecule has 2 heterocycles. The topological polar surface area (TPSA) is 94.3 Å². The highest BCUT2D eigenvalue weighted by Gasteiger charge is 2.34. The minimum Gasteiger partial charge on any atom is -0.361 e. The molecule has 1 fully saturated rings. The fraction of sp³-hybridized carbons (Fsp3) is 0.227. The van der Waals surface area contributed by atoms with Crippen LogP contribution in [0.25, 0.3) is 10.9 Å². The van der Waals surface area contributed by atoms with Crippen LogP contribution in [0.1, 0.15) is 16.8 Å². The lowest BCUT2D eigenvalue weighted by Gasteiger charge is -2.16. The first-order valence-electron chi connectivity index (χ1n) is 9.70. The summed E-state index contributed by atoms with van der Waals surface area (Å²) in [5.74, 6) is -1.49. The molecule has 2 aromatic carbocycles.